The van der Waals surface area contributed by atoms with Gasteiger partial charge in [-0.15, -0.1) is 0 Å². The van der Waals surface area contributed by atoms with Crippen molar-refractivity contribution in [3.63, 3.8) is 0 Å². The van der Waals surface area contributed by atoms with Crippen LogP contribution in [0, 0.1) is 5.92 Å². The molecule has 5 heterocycles. The molecule has 3 fully saturated rings. The van der Waals surface area contributed by atoms with Crippen molar-refractivity contribution in [2.24, 2.45) is 5.92 Å². The Morgan fingerprint density at radius 1 is 0.862 bits per heavy atom. The number of nitrogen functional groups attached to an aromatic ring is 1. The summed E-state index contributed by atoms with van der Waals surface area (Å²) in [6.07, 6.45) is 2.22. The normalized spacial score (nSPS) is 25.3. The molecule has 3 N–H and O–H groups in total. The predicted molar refractivity (Wildman–Crippen MR) is 214 cm³/mol. The highest BCUT2D eigenvalue weighted by molar-refractivity contribution is 6.23. The number of nitrogens with zero attached hydrogens (tertiary/aromatic N) is 7. The molecule has 0 radical (unpaired) electrons. The number of hydrogen-bond acceptors (Lipinski definition) is 11. The van der Waals surface area contributed by atoms with E-state index in [0.29, 0.717) is 48.4 Å². The third kappa shape index (κ3) is 6.72. The molecule has 6 unspecified atom stereocenters. The average Bonchev–Trinajstić information content (AvgIpc) is 3.72. The van der Waals surface area contributed by atoms with Crippen molar-refractivity contribution in [3.05, 3.63) is 90.3 Å². The van der Waals surface area contributed by atoms with E-state index in [2.05, 4.69) is 38.9 Å². The Kier molecular flexibility index (Phi) is 9.62. The van der Waals surface area contributed by atoms with Gasteiger partial charge in [-0.1, -0.05) is 18.2 Å². The molecule has 58 heavy (non-hydrogen) atoms. The van der Waals surface area contributed by atoms with Gasteiger partial charge in [-0.05, 0) is 100 Å². The van der Waals surface area contributed by atoms with E-state index >= 15 is 4.39 Å². The predicted octanol–water partition coefficient (Wildman–Crippen LogP) is 5.55. The minimum Gasteiger partial charge on any atom is -0.457 e. The maximum atomic E-state index is 16.4. The molecular weight excluding hydrogens is 742 g/mol. The first kappa shape index (κ1) is 37.4. The molecule has 5 aromatic rings. The molecule has 0 spiro atoms. The summed E-state index contributed by atoms with van der Waals surface area (Å²) in [4.78, 5) is 65.4. The van der Waals surface area contributed by atoms with Crippen molar-refractivity contribution in [2.75, 3.05) is 30.3 Å². The zero-order chi connectivity index (χ0) is 40.2. The van der Waals surface area contributed by atoms with Gasteiger partial charge in [0.05, 0.1) is 22.6 Å². The number of nitrogens with one attached hydrogen (secondary N) is 1. The van der Waals surface area contributed by atoms with Crippen molar-refractivity contribution >= 4 is 46.2 Å². The van der Waals surface area contributed by atoms with Gasteiger partial charge >= 0.3 is 0 Å². The number of nitrogens with two attached hydrogens (primary N) is 1. The minimum atomic E-state index is -1.15. The van der Waals surface area contributed by atoms with Gasteiger partial charge in [0.2, 0.25) is 11.8 Å². The molecule has 0 bridgehead atoms. The number of carbonyl (C=O) groups is 4. The Morgan fingerprint density at radius 2 is 1.59 bits per heavy atom. The number of benzene rings is 3. The fourth-order valence-corrected chi connectivity index (χ4v) is 9.24. The highest BCUT2D eigenvalue weighted by Gasteiger charge is 2.45. The van der Waals surface area contributed by atoms with E-state index in [9.17, 15) is 19.2 Å². The van der Waals surface area contributed by atoms with Gasteiger partial charge in [-0.2, -0.15) is 5.10 Å². The van der Waals surface area contributed by atoms with Crippen LogP contribution in [0.1, 0.15) is 72.7 Å². The van der Waals surface area contributed by atoms with Gasteiger partial charge in [-0.25, -0.2) is 19.0 Å². The van der Waals surface area contributed by atoms with Crippen LogP contribution in [0.5, 0.6) is 11.5 Å². The summed E-state index contributed by atoms with van der Waals surface area (Å²) in [6.45, 7) is 6.43. The number of rotatable bonds is 8. The number of piperazine rings is 1. The first-order valence-electron chi connectivity index (χ1n) is 19.9. The number of para-hydroxylation sites is 1. The summed E-state index contributed by atoms with van der Waals surface area (Å²) in [5.74, 6) is -0.250. The van der Waals surface area contributed by atoms with E-state index in [1.165, 1.54) is 6.33 Å². The number of piperidine rings is 1. The van der Waals surface area contributed by atoms with E-state index in [1.54, 1.807) is 16.8 Å². The number of anilines is 2. The van der Waals surface area contributed by atoms with Crippen molar-refractivity contribution < 1.29 is 28.3 Å². The summed E-state index contributed by atoms with van der Waals surface area (Å²) in [5.41, 5.74) is 9.64. The molecule has 14 nitrogen and oxygen atoms in total. The number of halogens is 1. The Labute approximate surface area is 334 Å². The first-order chi connectivity index (χ1) is 28.0. The molecule has 4 aliphatic rings. The molecule has 298 valence electrons. The topological polar surface area (TPSA) is 169 Å². The van der Waals surface area contributed by atoms with Gasteiger partial charge in [0, 0.05) is 49.4 Å². The number of amides is 4. The Bertz CT molecular complexity index is 2410. The fourth-order valence-electron chi connectivity index (χ4n) is 9.24. The van der Waals surface area contributed by atoms with E-state index in [-0.39, 0.29) is 47.8 Å². The number of fused-ring (bicyclic) bond motifs is 2. The quantitative estimate of drug-likeness (QED) is 0.189. The minimum absolute atomic E-state index is 0.0679. The van der Waals surface area contributed by atoms with Crippen LogP contribution in [-0.4, -0.2) is 97.1 Å². The van der Waals surface area contributed by atoms with Crippen LogP contribution < -0.4 is 20.7 Å². The van der Waals surface area contributed by atoms with E-state index in [0.717, 1.165) is 34.9 Å². The summed E-state index contributed by atoms with van der Waals surface area (Å²) in [7, 11) is 0. The molecule has 2 saturated heterocycles. The molecule has 15 heteroatoms. The van der Waals surface area contributed by atoms with Crippen LogP contribution in [0.4, 0.5) is 15.9 Å². The Morgan fingerprint density at radius 3 is 2.31 bits per heavy atom. The smallest absolute Gasteiger partial charge is 0.262 e. The lowest BCUT2D eigenvalue weighted by Crippen LogP contribution is -2.58. The lowest BCUT2D eigenvalue weighted by molar-refractivity contribution is -0.136. The monoisotopic (exact) mass is 785 g/mol. The summed E-state index contributed by atoms with van der Waals surface area (Å²) in [5, 5.41) is 7.78. The molecule has 3 aliphatic heterocycles. The number of aromatic nitrogens is 4. The van der Waals surface area contributed by atoms with E-state index in [4.69, 9.17) is 15.6 Å². The molecule has 1 aliphatic carbocycles. The van der Waals surface area contributed by atoms with Crippen molar-refractivity contribution in [3.8, 4) is 22.8 Å². The second-order valence-corrected chi connectivity index (χ2v) is 15.9. The van der Waals surface area contributed by atoms with Crippen molar-refractivity contribution in [1.29, 1.82) is 0 Å². The zero-order valence-electron chi connectivity index (χ0n) is 32.3. The average molecular weight is 786 g/mol. The summed E-state index contributed by atoms with van der Waals surface area (Å²) >= 11 is 0. The number of imide groups is 2. The SMILES string of the molecule is CC1CN(c2ccc3c(c2)C(=O)N(C2CCC(=O)NC2=O)C3=O)CC(C)N1CC1CCC(n2nc(-c3ccc(Oc4ccccc4)cc3)c3c(N)ncnc32)C(F)C1. The molecule has 4 amide bonds. The van der Waals surface area contributed by atoms with Gasteiger partial charge in [0.1, 0.15) is 41.6 Å². The van der Waals surface area contributed by atoms with Crippen molar-refractivity contribution in [2.45, 2.75) is 76.3 Å². The standard InChI is InChI=1S/C43H44FN9O5/c1-24-20-50(28-11-14-31-32(19-28)43(57)52(42(31)56)35-16-17-36(54)48-41(35)55)21-25(2)51(24)22-26-8-15-34(33(44)18-26)53-40-37(39(45)46-23-47-40)38(49-53)27-9-12-30(13-10-27)58-29-6-4-3-5-7-29/h3-7,9-14,19,23-26,33-35H,8,15-18,20-22H2,1-2H3,(H2,45,46,47)(H,48,54,55). The van der Waals surface area contributed by atoms with Gasteiger partial charge < -0.3 is 15.4 Å². The third-order valence-electron chi connectivity index (χ3n) is 12.1. The van der Waals surface area contributed by atoms with Crippen LogP contribution in [0.15, 0.2) is 79.1 Å². The molecular formula is C43H44FN9O5. The second-order valence-electron chi connectivity index (χ2n) is 15.9. The maximum Gasteiger partial charge on any atom is 0.262 e. The van der Waals surface area contributed by atoms with Crippen LogP contribution >= 0.6 is 0 Å². The van der Waals surface area contributed by atoms with Crippen LogP contribution in [0.2, 0.25) is 0 Å². The lowest BCUT2D eigenvalue weighted by atomic mass is 9.83. The molecule has 2 aromatic heterocycles. The first-order valence-corrected chi connectivity index (χ1v) is 19.9. The number of carbonyl (C=O) groups excluding carboxylic acids is 4. The fraction of sp³-hybridized carbons (Fsp3) is 0.372. The highest BCUT2D eigenvalue weighted by Crippen LogP contribution is 2.40. The van der Waals surface area contributed by atoms with E-state index < -0.39 is 41.9 Å². The van der Waals surface area contributed by atoms with Gasteiger partial charge in [0.25, 0.3) is 11.8 Å². The number of ether oxygens (including phenoxy) is 1. The Balaban J connectivity index is 0.857. The van der Waals surface area contributed by atoms with Gasteiger partial charge in [0.15, 0.2) is 5.65 Å². The second kappa shape index (κ2) is 14.9. The van der Waals surface area contributed by atoms with Crippen LogP contribution in [0.25, 0.3) is 22.3 Å². The molecule has 1 saturated carbocycles. The zero-order valence-corrected chi connectivity index (χ0v) is 32.3. The number of hydrogen-bond donors (Lipinski definition) is 2. The summed E-state index contributed by atoms with van der Waals surface area (Å²) < 4.78 is 24.1. The highest BCUT2D eigenvalue weighted by atomic mass is 19.1. The lowest BCUT2D eigenvalue weighted by Gasteiger charge is -2.47. The summed E-state index contributed by atoms with van der Waals surface area (Å²) in [6, 6.07) is 21.1. The van der Waals surface area contributed by atoms with Gasteiger partial charge in [-0.3, -0.25) is 34.3 Å². The van der Waals surface area contributed by atoms with Crippen LogP contribution in [-0.2, 0) is 9.59 Å². The van der Waals surface area contributed by atoms with Crippen LogP contribution in [0.3, 0.4) is 0 Å². The Hall–Kier alpha value is -6.22. The molecule has 9 rings (SSSR count). The van der Waals surface area contributed by atoms with Crippen molar-refractivity contribution in [1.82, 2.24) is 34.9 Å². The molecule has 6 atom stereocenters. The largest absolute Gasteiger partial charge is 0.457 e. The maximum absolute atomic E-state index is 16.4. The van der Waals surface area contributed by atoms with E-state index in [1.807, 2.05) is 60.7 Å². The third-order valence-corrected chi connectivity index (χ3v) is 12.1. The molecule has 3 aromatic carbocycles. The number of alkyl halides is 1.